The van der Waals surface area contributed by atoms with Crippen LogP contribution in [0.2, 0.25) is 0 Å². The molecule has 0 aliphatic rings. The third-order valence-electron chi connectivity index (χ3n) is 3.38. The number of pyridine rings is 1. The summed E-state index contributed by atoms with van der Waals surface area (Å²) in [5.74, 6) is -0.156. The molecule has 3 heteroatoms. The van der Waals surface area contributed by atoms with E-state index in [2.05, 4.69) is 17.2 Å². The fourth-order valence-corrected chi connectivity index (χ4v) is 2.25. The molecular formula is C17H21FN2. The number of rotatable bonds is 5. The van der Waals surface area contributed by atoms with Crippen molar-refractivity contribution in [3.05, 3.63) is 64.7 Å². The topological polar surface area (TPSA) is 24.9 Å². The molecule has 1 atom stereocenters. The Balaban J connectivity index is 2.38. The average Bonchev–Trinajstić information content (AvgIpc) is 2.43. The van der Waals surface area contributed by atoms with Crippen LogP contribution in [0.5, 0.6) is 0 Å². The molecule has 0 fully saturated rings. The van der Waals surface area contributed by atoms with Crippen molar-refractivity contribution in [2.45, 2.75) is 33.2 Å². The number of aryl methyl sites for hydroxylation is 2. The number of nitrogens with zero attached hydrogens (tertiary/aromatic N) is 1. The maximum atomic E-state index is 13.8. The molecule has 2 nitrogen and oxygen atoms in total. The standard InChI is InChI=1S/C17H21FN2/c1-4-8-20-17(15-7-9-19-13(3)10-15)14-6-5-12(2)16(18)11-14/h5-7,9-11,17,20H,4,8H2,1-3H3. The predicted octanol–water partition coefficient (Wildman–Crippen LogP) is 3.93. The fraction of sp³-hybridized carbons (Fsp3) is 0.353. The second-order valence-corrected chi connectivity index (χ2v) is 5.13. The van der Waals surface area contributed by atoms with Crippen LogP contribution >= 0.6 is 0 Å². The number of hydrogen-bond donors (Lipinski definition) is 1. The summed E-state index contributed by atoms with van der Waals surface area (Å²) in [6, 6.07) is 9.48. The first kappa shape index (κ1) is 14.7. The SMILES string of the molecule is CCCNC(c1ccnc(C)c1)c1ccc(C)c(F)c1. The Bertz CT molecular complexity index is 581. The monoisotopic (exact) mass is 272 g/mol. The summed E-state index contributed by atoms with van der Waals surface area (Å²) in [7, 11) is 0. The summed E-state index contributed by atoms with van der Waals surface area (Å²) in [5, 5.41) is 3.48. The quantitative estimate of drug-likeness (QED) is 0.892. The van der Waals surface area contributed by atoms with Crippen molar-refractivity contribution in [3.63, 3.8) is 0 Å². The molecule has 0 radical (unpaired) electrons. The third-order valence-corrected chi connectivity index (χ3v) is 3.38. The Hall–Kier alpha value is -1.74. The van der Waals surface area contributed by atoms with E-state index in [0.717, 1.165) is 29.8 Å². The van der Waals surface area contributed by atoms with Gasteiger partial charge in [0.15, 0.2) is 0 Å². The molecule has 0 saturated carbocycles. The van der Waals surface area contributed by atoms with Crippen LogP contribution in [0.25, 0.3) is 0 Å². The Kier molecular flexibility index (Phi) is 4.85. The van der Waals surface area contributed by atoms with Crippen LogP contribution in [0, 0.1) is 19.7 Å². The number of aromatic nitrogens is 1. The van der Waals surface area contributed by atoms with E-state index in [-0.39, 0.29) is 11.9 Å². The molecule has 0 bridgehead atoms. The highest BCUT2D eigenvalue weighted by molar-refractivity contribution is 5.34. The van der Waals surface area contributed by atoms with Gasteiger partial charge in [0.2, 0.25) is 0 Å². The fourth-order valence-electron chi connectivity index (χ4n) is 2.25. The number of nitrogens with one attached hydrogen (secondary N) is 1. The summed E-state index contributed by atoms with van der Waals surface area (Å²) in [4.78, 5) is 4.23. The van der Waals surface area contributed by atoms with Crippen LogP contribution < -0.4 is 5.32 Å². The highest BCUT2D eigenvalue weighted by atomic mass is 19.1. The third kappa shape index (κ3) is 3.42. The molecule has 1 aromatic heterocycles. The molecule has 20 heavy (non-hydrogen) atoms. The maximum Gasteiger partial charge on any atom is 0.126 e. The highest BCUT2D eigenvalue weighted by Gasteiger charge is 2.14. The van der Waals surface area contributed by atoms with E-state index in [0.29, 0.717) is 5.56 Å². The Morgan fingerprint density at radius 1 is 1.15 bits per heavy atom. The molecule has 106 valence electrons. The summed E-state index contributed by atoms with van der Waals surface area (Å²) in [6.45, 7) is 6.76. The van der Waals surface area contributed by atoms with Gasteiger partial charge in [-0.15, -0.1) is 0 Å². The van der Waals surface area contributed by atoms with Crippen LogP contribution in [0.1, 0.15) is 41.8 Å². The van der Waals surface area contributed by atoms with E-state index in [1.165, 1.54) is 0 Å². The molecule has 0 aliphatic heterocycles. The van der Waals surface area contributed by atoms with Gasteiger partial charge in [0.25, 0.3) is 0 Å². The van der Waals surface area contributed by atoms with E-state index < -0.39 is 0 Å². The van der Waals surface area contributed by atoms with E-state index in [4.69, 9.17) is 0 Å². The van der Waals surface area contributed by atoms with Gasteiger partial charge in [-0.3, -0.25) is 4.98 Å². The molecular weight excluding hydrogens is 251 g/mol. The normalized spacial score (nSPS) is 12.4. The zero-order chi connectivity index (χ0) is 14.5. The van der Waals surface area contributed by atoms with Gasteiger partial charge in [0.1, 0.15) is 5.82 Å². The second kappa shape index (κ2) is 6.62. The van der Waals surface area contributed by atoms with Crippen molar-refractivity contribution >= 4 is 0 Å². The van der Waals surface area contributed by atoms with Crippen LogP contribution in [-0.2, 0) is 0 Å². The molecule has 2 rings (SSSR count). The van der Waals surface area contributed by atoms with Crippen molar-refractivity contribution in [1.29, 1.82) is 0 Å². The highest BCUT2D eigenvalue weighted by Crippen LogP contribution is 2.24. The summed E-state index contributed by atoms with van der Waals surface area (Å²) in [5.41, 5.74) is 3.72. The first-order valence-corrected chi connectivity index (χ1v) is 7.03. The number of halogens is 1. The van der Waals surface area contributed by atoms with Crippen LogP contribution in [-0.4, -0.2) is 11.5 Å². The minimum atomic E-state index is -0.156. The average molecular weight is 272 g/mol. The number of hydrogen-bond acceptors (Lipinski definition) is 2. The molecule has 1 aromatic carbocycles. The van der Waals surface area contributed by atoms with Crippen molar-refractivity contribution in [2.75, 3.05) is 6.54 Å². The van der Waals surface area contributed by atoms with Gasteiger partial charge < -0.3 is 5.32 Å². The van der Waals surface area contributed by atoms with Gasteiger partial charge >= 0.3 is 0 Å². The molecule has 1 unspecified atom stereocenters. The largest absolute Gasteiger partial charge is 0.306 e. The first-order chi connectivity index (χ1) is 9.61. The van der Waals surface area contributed by atoms with Gasteiger partial charge in [-0.25, -0.2) is 4.39 Å². The molecule has 0 aliphatic carbocycles. The lowest BCUT2D eigenvalue weighted by Gasteiger charge is -2.20. The number of benzene rings is 1. The molecule has 2 aromatic rings. The van der Waals surface area contributed by atoms with E-state index >= 15 is 0 Å². The molecule has 0 amide bonds. The van der Waals surface area contributed by atoms with E-state index in [9.17, 15) is 4.39 Å². The maximum absolute atomic E-state index is 13.8. The smallest absolute Gasteiger partial charge is 0.126 e. The predicted molar refractivity (Wildman–Crippen MR) is 80.2 cm³/mol. The summed E-state index contributed by atoms with van der Waals surface area (Å²) in [6.07, 6.45) is 2.84. The van der Waals surface area contributed by atoms with Gasteiger partial charge in [-0.2, -0.15) is 0 Å². The lowest BCUT2D eigenvalue weighted by Crippen LogP contribution is -2.23. The Morgan fingerprint density at radius 2 is 1.90 bits per heavy atom. The van der Waals surface area contributed by atoms with Gasteiger partial charge in [-0.1, -0.05) is 19.1 Å². The zero-order valence-corrected chi connectivity index (χ0v) is 12.3. The van der Waals surface area contributed by atoms with Gasteiger partial charge in [0.05, 0.1) is 6.04 Å². The Morgan fingerprint density at radius 3 is 2.55 bits per heavy atom. The van der Waals surface area contributed by atoms with Crippen LogP contribution in [0.15, 0.2) is 36.5 Å². The Labute approximate surface area is 120 Å². The van der Waals surface area contributed by atoms with Crippen molar-refractivity contribution in [2.24, 2.45) is 0 Å². The molecule has 1 heterocycles. The first-order valence-electron chi connectivity index (χ1n) is 7.03. The van der Waals surface area contributed by atoms with Crippen LogP contribution in [0.3, 0.4) is 0 Å². The van der Waals surface area contributed by atoms with Crippen molar-refractivity contribution in [1.82, 2.24) is 10.3 Å². The molecule has 0 spiro atoms. The minimum Gasteiger partial charge on any atom is -0.306 e. The minimum absolute atomic E-state index is 0.00625. The van der Waals surface area contributed by atoms with E-state index in [1.807, 2.05) is 31.2 Å². The van der Waals surface area contributed by atoms with Crippen LogP contribution in [0.4, 0.5) is 4.39 Å². The molecule has 0 saturated heterocycles. The van der Waals surface area contributed by atoms with Gasteiger partial charge in [0, 0.05) is 11.9 Å². The van der Waals surface area contributed by atoms with Gasteiger partial charge in [-0.05, 0) is 61.7 Å². The van der Waals surface area contributed by atoms with Crippen molar-refractivity contribution in [3.8, 4) is 0 Å². The lowest BCUT2D eigenvalue weighted by molar-refractivity contribution is 0.582. The lowest BCUT2D eigenvalue weighted by atomic mass is 9.97. The van der Waals surface area contributed by atoms with Crippen molar-refractivity contribution < 1.29 is 4.39 Å². The van der Waals surface area contributed by atoms with E-state index in [1.54, 1.807) is 19.2 Å². The summed E-state index contributed by atoms with van der Waals surface area (Å²) < 4.78 is 13.8. The second-order valence-electron chi connectivity index (χ2n) is 5.13. The summed E-state index contributed by atoms with van der Waals surface area (Å²) >= 11 is 0. The zero-order valence-electron chi connectivity index (χ0n) is 12.3. The molecule has 1 N–H and O–H groups in total.